The Kier molecular flexibility index (Phi) is 18.0. The molecule has 0 bridgehead atoms. The molecule has 0 saturated heterocycles. The summed E-state index contributed by atoms with van der Waals surface area (Å²) in [4.78, 5) is 51.9. The molecule has 272 valence electrons. The number of carbonyl (C=O) groups excluding carboxylic acids is 4. The minimum atomic E-state index is -0.580. The predicted octanol–water partition coefficient (Wildman–Crippen LogP) is 2.95. The number of para-hydroxylation sites is 1. The molecule has 50 heavy (non-hydrogen) atoms. The van der Waals surface area contributed by atoms with E-state index in [9.17, 15) is 19.2 Å². The highest BCUT2D eigenvalue weighted by Crippen LogP contribution is 2.26. The van der Waals surface area contributed by atoms with E-state index in [2.05, 4.69) is 27.8 Å². The number of ether oxygens (including phenoxy) is 4. The van der Waals surface area contributed by atoms with Crippen LogP contribution in [0.1, 0.15) is 63.6 Å². The molecular formula is C38H52N4O8. The van der Waals surface area contributed by atoms with E-state index in [1.165, 1.54) is 0 Å². The molecule has 2 aromatic rings. The lowest BCUT2D eigenvalue weighted by molar-refractivity contribution is -0.131. The van der Waals surface area contributed by atoms with E-state index in [1.807, 2.05) is 76.2 Å². The summed E-state index contributed by atoms with van der Waals surface area (Å²) in [7, 11) is 0. The quantitative estimate of drug-likeness (QED) is 0.126. The lowest BCUT2D eigenvalue weighted by Gasteiger charge is -2.26. The summed E-state index contributed by atoms with van der Waals surface area (Å²) in [5.74, 6) is 5.58. The van der Waals surface area contributed by atoms with E-state index in [0.29, 0.717) is 59.3 Å². The molecule has 0 fully saturated rings. The Labute approximate surface area is 295 Å². The fourth-order valence-electron chi connectivity index (χ4n) is 5.00. The third-order valence-electron chi connectivity index (χ3n) is 7.59. The van der Waals surface area contributed by atoms with Crippen molar-refractivity contribution in [3.8, 4) is 11.8 Å². The average molecular weight is 693 g/mol. The first-order chi connectivity index (χ1) is 24.2. The number of fused-ring (bicyclic) bond motifs is 2. The van der Waals surface area contributed by atoms with Gasteiger partial charge in [-0.25, -0.2) is 0 Å². The second kappa shape index (κ2) is 22.4. The zero-order valence-electron chi connectivity index (χ0n) is 29.8. The van der Waals surface area contributed by atoms with Crippen LogP contribution in [0.5, 0.6) is 0 Å². The summed E-state index contributed by atoms with van der Waals surface area (Å²) < 4.78 is 21.9. The van der Waals surface area contributed by atoms with Crippen molar-refractivity contribution in [2.45, 2.75) is 65.6 Å². The van der Waals surface area contributed by atoms with E-state index in [-0.39, 0.29) is 61.5 Å². The average Bonchev–Trinajstić information content (AvgIpc) is 3.08. The van der Waals surface area contributed by atoms with E-state index in [0.717, 1.165) is 22.4 Å². The number of hydrogen-bond acceptors (Lipinski definition) is 8. The summed E-state index contributed by atoms with van der Waals surface area (Å²) in [5, 5.41) is 8.41. The lowest BCUT2D eigenvalue weighted by Crippen LogP contribution is -2.51. The first-order valence-electron chi connectivity index (χ1n) is 17.3. The molecule has 1 aliphatic rings. The van der Waals surface area contributed by atoms with Crippen LogP contribution in [-0.4, -0.2) is 95.1 Å². The third kappa shape index (κ3) is 14.7. The van der Waals surface area contributed by atoms with Gasteiger partial charge in [0.15, 0.2) is 0 Å². The molecule has 3 rings (SSSR count). The van der Waals surface area contributed by atoms with Crippen molar-refractivity contribution in [3.63, 3.8) is 0 Å². The van der Waals surface area contributed by atoms with E-state index >= 15 is 0 Å². The van der Waals surface area contributed by atoms with Gasteiger partial charge >= 0.3 is 0 Å². The molecular weight excluding hydrogens is 640 g/mol. The van der Waals surface area contributed by atoms with Crippen LogP contribution in [0.15, 0.2) is 48.5 Å². The highest BCUT2D eigenvalue weighted by molar-refractivity contribution is 5.97. The smallest absolute Gasteiger partial charge is 0.243 e. The molecule has 4 amide bonds. The van der Waals surface area contributed by atoms with Gasteiger partial charge in [0.1, 0.15) is 6.04 Å². The molecule has 0 unspecified atom stereocenters. The maximum absolute atomic E-state index is 13.3. The second-order valence-corrected chi connectivity index (χ2v) is 12.4. The largest absolute Gasteiger partial charge is 0.379 e. The van der Waals surface area contributed by atoms with Gasteiger partial charge in [-0.2, -0.15) is 0 Å². The van der Waals surface area contributed by atoms with Crippen LogP contribution in [0.2, 0.25) is 0 Å². The molecule has 0 saturated carbocycles. The molecule has 12 heteroatoms. The molecule has 1 atom stereocenters. The van der Waals surface area contributed by atoms with E-state index < -0.39 is 6.04 Å². The lowest BCUT2D eigenvalue weighted by atomic mass is 10.0. The predicted molar refractivity (Wildman–Crippen MR) is 190 cm³/mol. The minimum Gasteiger partial charge on any atom is -0.379 e. The van der Waals surface area contributed by atoms with Crippen LogP contribution in [0.25, 0.3) is 0 Å². The van der Waals surface area contributed by atoms with Gasteiger partial charge in [-0.1, -0.05) is 56.0 Å². The number of nitrogens with one attached hydrogen (secondary N) is 3. The van der Waals surface area contributed by atoms with Gasteiger partial charge in [0, 0.05) is 43.0 Å². The molecule has 3 N–H and O–H groups in total. The van der Waals surface area contributed by atoms with Crippen LogP contribution in [0.4, 0.5) is 5.69 Å². The van der Waals surface area contributed by atoms with Crippen molar-refractivity contribution in [2.24, 2.45) is 5.92 Å². The van der Waals surface area contributed by atoms with Gasteiger partial charge in [0.25, 0.3) is 0 Å². The first kappa shape index (κ1) is 40.2. The number of anilines is 1. The van der Waals surface area contributed by atoms with E-state index in [4.69, 9.17) is 18.9 Å². The fourth-order valence-corrected chi connectivity index (χ4v) is 5.00. The van der Waals surface area contributed by atoms with Crippen molar-refractivity contribution in [1.29, 1.82) is 0 Å². The summed E-state index contributed by atoms with van der Waals surface area (Å²) in [6, 6.07) is 14.8. The van der Waals surface area contributed by atoms with Gasteiger partial charge in [0.05, 0.1) is 65.1 Å². The Morgan fingerprint density at radius 3 is 1.92 bits per heavy atom. The number of nitrogens with zero attached hydrogens (tertiary/aromatic N) is 1. The van der Waals surface area contributed by atoms with Crippen LogP contribution >= 0.6 is 0 Å². The number of amides is 4. The van der Waals surface area contributed by atoms with Gasteiger partial charge in [-0.15, -0.1) is 0 Å². The van der Waals surface area contributed by atoms with Crippen molar-refractivity contribution in [1.82, 2.24) is 16.0 Å². The van der Waals surface area contributed by atoms with Crippen molar-refractivity contribution in [2.75, 3.05) is 64.3 Å². The summed E-state index contributed by atoms with van der Waals surface area (Å²) in [6.07, 6.45) is 0.311. The van der Waals surface area contributed by atoms with Gasteiger partial charge in [0.2, 0.25) is 23.6 Å². The number of hydrogen-bond donors (Lipinski definition) is 3. The Morgan fingerprint density at radius 2 is 1.26 bits per heavy atom. The topological polar surface area (TPSA) is 145 Å². The highest BCUT2D eigenvalue weighted by Gasteiger charge is 2.24. The Morgan fingerprint density at radius 1 is 0.680 bits per heavy atom. The second-order valence-electron chi connectivity index (χ2n) is 12.4. The summed E-state index contributed by atoms with van der Waals surface area (Å²) >= 11 is 0. The third-order valence-corrected chi connectivity index (χ3v) is 7.59. The normalized spacial score (nSPS) is 12.6. The number of rotatable bonds is 22. The van der Waals surface area contributed by atoms with Gasteiger partial charge in [-0.3, -0.25) is 19.2 Å². The standard InChI is InChI=1S/C38H52N4O8/c1-28(2)37(38(46)40-29(3)4)41-35(44)17-19-47-21-23-49-25-26-50-24-22-48-20-18-39-34(43)15-16-36(45)42-27-32-11-6-5-9-30(32)13-14-31-10-7-8-12-33(31)42/h5-12,28-29,37H,15-27H2,1-4H3,(H,39,43)(H,40,46)(H,41,44)/t37-/m0/s1. The molecule has 1 aliphatic heterocycles. The maximum atomic E-state index is 13.3. The van der Waals surface area contributed by atoms with Crippen molar-refractivity contribution in [3.05, 3.63) is 65.2 Å². The SMILES string of the molecule is CC(C)NC(=O)[C@@H](NC(=O)CCOCCOCCOCCOCCNC(=O)CCC(=O)N1Cc2ccccc2C#Cc2ccccc21)C(C)C. The van der Waals surface area contributed by atoms with Crippen LogP contribution in [0, 0.1) is 17.8 Å². The van der Waals surface area contributed by atoms with Crippen LogP contribution in [0.3, 0.4) is 0 Å². The Bertz CT molecular complexity index is 1450. The molecule has 12 nitrogen and oxygen atoms in total. The first-order valence-corrected chi connectivity index (χ1v) is 17.3. The summed E-state index contributed by atoms with van der Waals surface area (Å²) in [6.45, 7) is 11.1. The van der Waals surface area contributed by atoms with Gasteiger partial charge < -0.3 is 39.8 Å². The minimum absolute atomic E-state index is 0.00210. The van der Waals surface area contributed by atoms with Crippen LogP contribution in [-0.2, 0) is 44.7 Å². The van der Waals surface area contributed by atoms with Crippen LogP contribution < -0.4 is 20.9 Å². The zero-order chi connectivity index (χ0) is 36.1. The molecule has 0 spiro atoms. The molecule has 0 aliphatic carbocycles. The van der Waals surface area contributed by atoms with Crippen molar-refractivity contribution >= 4 is 29.3 Å². The van der Waals surface area contributed by atoms with Crippen molar-refractivity contribution < 1.29 is 38.1 Å². The highest BCUT2D eigenvalue weighted by atomic mass is 16.6. The monoisotopic (exact) mass is 692 g/mol. The maximum Gasteiger partial charge on any atom is 0.243 e. The fraction of sp³-hybridized carbons (Fsp3) is 0.526. The Balaban J connectivity index is 1.16. The zero-order valence-corrected chi connectivity index (χ0v) is 29.8. The number of carbonyl (C=O) groups is 4. The number of benzene rings is 2. The molecule has 0 aromatic heterocycles. The molecule has 0 radical (unpaired) electrons. The van der Waals surface area contributed by atoms with E-state index in [1.54, 1.807) is 4.90 Å². The molecule has 2 aromatic carbocycles. The van der Waals surface area contributed by atoms with Gasteiger partial charge in [-0.05, 0) is 43.5 Å². The summed E-state index contributed by atoms with van der Waals surface area (Å²) in [5.41, 5.74) is 3.38. The Hall–Kier alpha value is -4.28. The molecule has 1 heterocycles.